The van der Waals surface area contributed by atoms with Gasteiger partial charge in [0.25, 0.3) is 0 Å². The average Bonchev–Trinajstić information content (AvgIpc) is 3.48. The van der Waals surface area contributed by atoms with Gasteiger partial charge in [-0.2, -0.15) is 0 Å². The molecule has 3 fully saturated rings. The predicted molar refractivity (Wildman–Crippen MR) is 121 cm³/mol. The maximum atomic E-state index is 12.2. The first-order chi connectivity index (χ1) is 16.0. The van der Waals surface area contributed by atoms with Gasteiger partial charge in [0.1, 0.15) is 11.3 Å². The Balaban J connectivity index is 1.41. The van der Waals surface area contributed by atoms with Crippen molar-refractivity contribution in [3.05, 3.63) is 34.7 Å². The standard InChI is InChI=1S/C26H37NO6/c1-15-22-19-10-5-9-18(20(29)13-16-7-3-4-8-16)27(19)12-6-11-21(22)32-23(15)25-24(31-2)17(14-28)26(30)33-25/h11,15-16,18-20,22,28-29H,3-10,12-14H2,1-2H3. The molecule has 5 unspecified atom stereocenters. The van der Waals surface area contributed by atoms with Gasteiger partial charge in [0.05, 0.1) is 19.8 Å². The number of ether oxygens (including phenoxy) is 3. The fourth-order valence-electron chi connectivity index (χ4n) is 6.94. The third kappa shape index (κ3) is 4.02. The largest absolute Gasteiger partial charge is 0.492 e. The molecule has 4 aliphatic heterocycles. The van der Waals surface area contributed by atoms with E-state index < -0.39 is 12.6 Å². The summed E-state index contributed by atoms with van der Waals surface area (Å²) in [7, 11) is 1.48. The van der Waals surface area contributed by atoms with E-state index in [1.54, 1.807) is 0 Å². The van der Waals surface area contributed by atoms with Crippen LogP contribution >= 0.6 is 0 Å². The van der Waals surface area contributed by atoms with Crippen LogP contribution < -0.4 is 0 Å². The molecule has 0 bridgehead atoms. The smallest absolute Gasteiger partial charge is 0.345 e. The molecular formula is C26H37NO6. The van der Waals surface area contributed by atoms with Crippen LogP contribution in [0, 0.1) is 17.8 Å². The number of allylic oxidation sites excluding steroid dienone is 1. The lowest BCUT2D eigenvalue weighted by Crippen LogP contribution is -2.55. The van der Waals surface area contributed by atoms with Gasteiger partial charge in [-0.15, -0.1) is 0 Å². The van der Waals surface area contributed by atoms with Gasteiger partial charge < -0.3 is 24.4 Å². The van der Waals surface area contributed by atoms with E-state index in [1.807, 2.05) is 0 Å². The van der Waals surface area contributed by atoms with Gasteiger partial charge in [-0.1, -0.05) is 39.0 Å². The van der Waals surface area contributed by atoms with Crippen LogP contribution in [0.4, 0.5) is 0 Å². The van der Waals surface area contributed by atoms with Crippen LogP contribution in [0.15, 0.2) is 34.7 Å². The van der Waals surface area contributed by atoms with Crippen molar-refractivity contribution in [2.24, 2.45) is 17.8 Å². The maximum Gasteiger partial charge on any atom is 0.345 e. The molecule has 7 heteroatoms. The zero-order valence-electron chi connectivity index (χ0n) is 19.8. The van der Waals surface area contributed by atoms with Gasteiger partial charge in [-0.05, 0) is 37.7 Å². The Kier molecular flexibility index (Phi) is 6.56. The zero-order valence-corrected chi connectivity index (χ0v) is 19.8. The molecule has 0 amide bonds. The summed E-state index contributed by atoms with van der Waals surface area (Å²) >= 11 is 0. The first-order valence-electron chi connectivity index (χ1n) is 12.7. The lowest BCUT2D eigenvalue weighted by atomic mass is 9.79. The van der Waals surface area contributed by atoms with Gasteiger partial charge in [-0.3, -0.25) is 4.90 Å². The third-order valence-electron chi connectivity index (χ3n) is 8.51. The number of hydrogen-bond acceptors (Lipinski definition) is 7. The molecule has 2 N–H and O–H groups in total. The molecule has 2 saturated heterocycles. The summed E-state index contributed by atoms with van der Waals surface area (Å²) < 4.78 is 17.3. The van der Waals surface area contributed by atoms with Crippen molar-refractivity contribution in [2.75, 3.05) is 20.3 Å². The van der Waals surface area contributed by atoms with Crippen LogP contribution in [0.3, 0.4) is 0 Å². The van der Waals surface area contributed by atoms with Crippen molar-refractivity contribution >= 4 is 5.97 Å². The molecular weight excluding hydrogens is 422 g/mol. The first kappa shape index (κ1) is 22.9. The van der Waals surface area contributed by atoms with E-state index in [0.717, 1.165) is 44.4 Å². The number of aliphatic hydroxyl groups excluding tert-OH is 2. The van der Waals surface area contributed by atoms with E-state index in [-0.39, 0.29) is 41.4 Å². The number of aliphatic hydroxyl groups is 2. The molecule has 5 aliphatic rings. The summed E-state index contributed by atoms with van der Waals surface area (Å²) in [6, 6.07) is 0.481. The van der Waals surface area contributed by atoms with E-state index in [1.165, 1.54) is 32.8 Å². The van der Waals surface area contributed by atoms with Crippen molar-refractivity contribution in [1.29, 1.82) is 0 Å². The minimum atomic E-state index is -0.580. The van der Waals surface area contributed by atoms with Crippen LogP contribution in [-0.4, -0.2) is 59.5 Å². The number of carbonyl (C=O) groups is 1. The average molecular weight is 460 g/mol. The van der Waals surface area contributed by atoms with Gasteiger partial charge in [0.2, 0.25) is 5.76 Å². The Bertz CT molecular complexity index is 870. The molecule has 0 aromatic carbocycles. The molecule has 1 saturated carbocycles. The normalized spacial score (nSPS) is 36.1. The second-order valence-electron chi connectivity index (χ2n) is 10.3. The number of fused-ring (bicyclic) bond motifs is 3. The molecule has 0 aromatic heterocycles. The zero-order chi connectivity index (χ0) is 23.1. The highest BCUT2D eigenvalue weighted by Crippen LogP contribution is 2.49. The highest BCUT2D eigenvalue weighted by atomic mass is 16.6. The van der Waals surface area contributed by atoms with Crippen LogP contribution in [0.5, 0.6) is 0 Å². The van der Waals surface area contributed by atoms with E-state index in [9.17, 15) is 15.0 Å². The topological polar surface area (TPSA) is 88.5 Å². The fourth-order valence-corrected chi connectivity index (χ4v) is 6.94. The Morgan fingerprint density at radius 2 is 1.97 bits per heavy atom. The fraction of sp³-hybridized carbons (Fsp3) is 0.731. The number of nitrogens with zero attached hydrogens (tertiary/aromatic N) is 1. The Labute approximate surface area is 196 Å². The monoisotopic (exact) mass is 459 g/mol. The highest BCUT2D eigenvalue weighted by Gasteiger charge is 2.50. The van der Waals surface area contributed by atoms with Crippen molar-refractivity contribution in [3.8, 4) is 0 Å². The molecule has 0 radical (unpaired) electrons. The molecule has 7 nitrogen and oxygen atoms in total. The number of cyclic esters (lactones) is 1. The van der Waals surface area contributed by atoms with Crippen LogP contribution in [0.1, 0.15) is 64.7 Å². The molecule has 182 valence electrons. The summed E-state index contributed by atoms with van der Waals surface area (Å²) in [5, 5.41) is 20.8. The molecule has 0 aromatic rings. The lowest BCUT2D eigenvalue weighted by Gasteiger charge is -2.46. The summed E-state index contributed by atoms with van der Waals surface area (Å²) in [5.41, 5.74) is 0.131. The molecule has 4 heterocycles. The maximum absolute atomic E-state index is 12.2. The minimum Gasteiger partial charge on any atom is -0.492 e. The molecule has 1 aliphatic carbocycles. The number of esters is 1. The number of carbonyl (C=O) groups excluding carboxylic acids is 1. The summed E-state index contributed by atoms with van der Waals surface area (Å²) in [5.74, 6) is 2.35. The quantitative estimate of drug-likeness (QED) is 0.610. The Morgan fingerprint density at radius 3 is 2.70 bits per heavy atom. The van der Waals surface area contributed by atoms with E-state index >= 15 is 0 Å². The number of methoxy groups -OCH3 is 1. The van der Waals surface area contributed by atoms with Crippen molar-refractivity contribution in [2.45, 2.75) is 82.9 Å². The summed E-state index contributed by atoms with van der Waals surface area (Å²) in [6.45, 7) is 2.62. The highest BCUT2D eigenvalue weighted by molar-refractivity contribution is 5.94. The molecule has 5 atom stereocenters. The van der Waals surface area contributed by atoms with E-state index in [2.05, 4.69) is 17.9 Å². The molecule has 0 spiro atoms. The molecule has 33 heavy (non-hydrogen) atoms. The summed E-state index contributed by atoms with van der Waals surface area (Å²) in [6.07, 6.45) is 12.0. The molecule has 5 rings (SSSR count). The van der Waals surface area contributed by atoms with Gasteiger partial charge >= 0.3 is 5.97 Å². The van der Waals surface area contributed by atoms with E-state index in [0.29, 0.717) is 17.4 Å². The lowest BCUT2D eigenvalue weighted by molar-refractivity contribution is -0.133. The van der Waals surface area contributed by atoms with Crippen LogP contribution in [0.25, 0.3) is 0 Å². The summed E-state index contributed by atoms with van der Waals surface area (Å²) in [4.78, 5) is 14.8. The minimum absolute atomic E-state index is 0.00133. The van der Waals surface area contributed by atoms with Gasteiger partial charge in [-0.25, -0.2) is 4.79 Å². The van der Waals surface area contributed by atoms with Crippen LogP contribution in [0.2, 0.25) is 0 Å². The number of rotatable bonds is 5. The van der Waals surface area contributed by atoms with Crippen molar-refractivity contribution in [1.82, 2.24) is 4.90 Å². The predicted octanol–water partition coefficient (Wildman–Crippen LogP) is 3.38. The second kappa shape index (κ2) is 9.43. The Hall–Kier alpha value is -1.83. The number of piperidine rings is 1. The van der Waals surface area contributed by atoms with Gasteiger partial charge in [0.15, 0.2) is 11.5 Å². The second-order valence-corrected chi connectivity index (χ2v) is 10.3. The SMILES string of the molecule is COC1=C(CO)C(=O)OC1=C1OC2=CCCN3C(C(O)CC4CCCC4)CCCC3C2C1C. The van der Waals surface area contributed by atoms with Crippen LogP contribution in [-0.2, 0) is 19.0 Å². The third-order valence-corrected chi connectivity index (χ3v) is 8.51. The van der Waals surface area contributed by atoms with Crippen molar-refractivity contribution in [3.63, 3.8) is 0 Å². The van der Waals surface area contributed by atoms with Crippen molar-refractivity contribution < 1.29 is 29.2 Å². The Morgan fingerprint density at radius 1 is 1.18 bits per heavy atom. The first-order valence-corrected chi connectivity index (χ1v) is 12.7. The van der Waals surface area contributed by atoms with E-state index in [4.69, 9.17) is 14.2 Å². The number of hydrogen-bond donors (Lipinski definition) is 2. The van der Waals surface area contributed by atoms with Gasteiger partial charge in [0, 0.05) is 30.5 Å².